The zero-order chi connectivity index (χ0) is 21.0. The molecule has 0 aliphatic rings. The first-order chi connectivity index (χ1) is 13.9. The van der Waals surface area contributed by atoms with Gasteiger partial charge in [0.25, 0.3) is 5.91 Å². The third-order valence-corrected chi connectivity index (χ3v) is 4.08. The van der Waals surface area contributed by atoms with Crippen LogP contribution in [0.4, 0.5) is 28.9 Å². The van der Waals surface area contributed by atoms with E-state index in [1.807, 2.05) is 0 Å². The second-order valence-electron chi connectivity index (χ2n) is 5.97. The predicted molar refractivity (Wildman–Crippen MR) is 116 cm³/mol. The molecule has 0 radical (unpaired) electrons. The zero-order valence-corrected chi connectivity index (χ0v) is 17.4. The average Bonchev–Trinajstić information content (AvgIpc) is 2.69. The number of nitrogens with one attached hydrogen (secondary N) is 2. The number of carbonyl (C=O) groups is 1. The molecular formula is C20H18Cl2F4N4O. The number of hydrogen-bond acceptors (Lipinski definition) is 4. The lowest BCUT2D eigenvalue weighted by Gasteiger charge is -2.14. The average molecular weight is 477 g/mol. The van der Waals surface area contributed by atoms with Crippen LogP contribution in [0.1, 0.15) is 10.4 Å². The van der Waals surface area contributed by atoms with Crippen molar-refractivity contribution in [3.8, 4) is 11.1 Å². The van der Waals surface area contributed by atoms with Gasteiger partial charge in [-0.25, -0.2) is 17.6 Å². The first-order valence-electron chi connectivity index (χ1n) is 8.55. The van der Waals surface area contributed by atoms with Crippen molar-refractivity contribution in [2.75, 3.05) is 23.7 Å². The molecule has 0 saturated carbocycles. The molecule has 1 aromatic heterocycles. The van der Waals surface area contributed by atoms with E-state index in [1.165, 1.54) is 12.4 Å². The van der Waals surface area contributed by atoms with Gasteiger partial charge in [0.15, 0.2) is 0 Å². The quantitative estimate of drug-likeness (QED) is 0.447. The highest BCUT2D eigenvalue weighted by Crippen LogP contribution is 2.33. The number of pyridine rings is 1. The molecule has 3 rings (SSSR count). The fraction of sp³-hybridized carbons (Fsp3) is 0.100. The molecule has 3 aromatic rings. The molecule has 0 fully saturated rings. The lowest BCUT2D eigenvalue weighted by Crippen LogP contribution is -2.18. The molecule has 166 valence electrons. The van der Waals surface area contributed by atoms with Crippen molar-refractivity contribution in [1.82, 2.24) is 4.98 Å². The van der Waals surface area contributed by atoms with Crippen LogP contribution in [0.15, 0.2) is 48.8 Å². The molecule has 0 atom stereocenters. The highest BCUT2D eigenvalue weighted by molar-refractivity contribution is 6.06. The van der Waals surface area contributed by atoms with Gasteiger partial charge in [0, 0.05) is 19.3 Å². The van der Waals surface area contributed by atoms with E-state index in [0.29, 0.717) is 18.8 Å². The molecule has 2 aromatic carbocycles. The Labute approximate surface area is 187 Å². The SMILES string of the molecule is Cl.Cl.NCCNc1ccncc1NC(=O)c1ccc(F)c(-c2c(F)cccc2F)c1F. The predicted octanol–water partition coefficient (Wildman–Crippen LogP) is 4.77. The topological polar surface area (TPSA) is 80.0 Å². The molecule has 0 aliphatic heterocycles. The number of hydrogen-bond donors (Lipinski definition) is 3. The number of benzene rings is 2. The van der Waals surface area contributed by atoms with Crippen LogP contribution in [-0.4, -0.2) is 24.0 Å². The Balaban J connectivity index is 0.00000240. The van der Waals surface area contributed by atoms with E-state index in [1.54, 1.807) is 6.07 Å². The van der Waals surface area contributed by atoms with Gasteiger partial charge >= 0.3 is 0 Å². The Kier molecular flexibility index (Phi) is 9.70. The van der Waals surface area contributed by atoms with Gasteiger partial charge in [-0.1, -0.05) is 6.07 Å². The summed E-state index contributed by atoms with van der Waals surface area (Å²) in [5.41, 5.74) is 3.73. The molecular weight excluding hydrogens is 459 g/mol. The Morgan fingerprint density at radius 3 is 2.19 bits per heavy atom. The van der Waals surface area contributed by atoms with Crippen LogP contribution in [0, 0.1) is 23.3 Å². The lowest BCUT2D eigenvalue weighted by atomic mass is 9.99. The van der Waals surface area contributed by atoms with Crippen LogP contribution in [0.2, 0.25) is 0 Å². The third-order valence-electron chi connectivity index (χ3n) is 4.08. The first kappa shape index (κ1) is 26.2. The van der Waals surface area contributed by atoms with Crippen LogP contribution in [-0.2, 0) is 0 Å². The second kappa shape index (κ2) is 11.5. The third kappa shape index (κ3) is 5.63. The maximum Gasteiger partial charge on any atom is 0.258 e. The number of amides is 1. The van der Waals surface area contributed by atoms with E-state index in [9.17, 15) is 22.4 Å². The summed E-state index contributed by atoms with van der Waals surface area (Å²) < 4.78 is 57.3. The van der Waals surface area contributed by atoms with Gasteiger partial charge in [-0.15, -0.1) is 24.8 Å². The summed E-state index contributed by atoms with van der Waals surface area (Å²) in [6.07, 6.45) is 2.81. The molecule has 1 heterocycles. The van der Waals surface area contributed by atoms with Crippen LogP contribution < -0.4 is 16.4 Å². The summed E-state index contributed by atoms with van der Waals surface area (Å²) in [4.78, 5) is 16.5. The van der Waals surface area contributed by atoms with Gasteiger partial charge in [-0.2, -0.15) is 0 Å². The van der Waals surface area contributed by atoms with Gasteiger partial charge in [0.1, 0.15) is 23.3 Å². The van der Waals surface area contributed by atoms with Crippen molar-refractivity contribution in [1.29, 1.82) is 0 Å². The van der Waals surface area contributed by atoms with Gasteiger partial charge < -0.3 is 16.4 Å². The lowest BCUT2D eigenvalue weighted by molar-refractivity contribution is 0.102. The number of nitrogens with zero attached hydrogens (tertiary/aromatic N) is 1. The molecule has 5 nitrogen and oxygen atoms in total. The van der Waals surface area contributed by atoms with E-state index in [2.05, 4.69) is 15.6 Å². The minimum atomic E-state index is -1.38. The highest BCUT2D eigenvalue weighted by Gasteiger charge is 2.24. The number of carbonyl (C=O) groups excluding carboxylic acids is 1. The van der Waals surface area contributed by atoms with Gasteiger partial charge in [0.05, 0.1) is 34.3 Å². The molecule has 0 saturated heterocycles. The summed E-state index contributed by atoms with van der Waals surface area (Å²) >= 11 is 0. The van der Waals surface area contributed by atoms with E-state index < -0.39 is 45.9 Å². The largest absolute Gasteiger partial charge is 0.382 e. The Bertz CT molecular complexity index is 1050. The summed E-state index contributed by atoms with van der Waals surface area (Å²) in [5, 5.41) is 5.41. The standard InChI is InChI=1S/C20H16F4N4O.2ClH/c21-12-2-1-3-13(22)17(12)18-14(23)5-4-11(19(18)24)20(29)28-16-10-26-8-6-15(16)27-9-7-25;;/h1-6,8,10H,7,9,25H2,(H,26,27)(H,28,29);2*1H. The van der Waals surface area contributed by atoms with E-state index >= 15 is 0 Å². The van der Waals surface area contributed by atoms with Crippen LogP contribution in [0.3, 0.4) is 0 Å². The molecule has 0 spiro atoms. The van der Waals surface area contributed by atoms with Crippen LogP contribution >= 0.6 is 24.8 Å². The monoisotopic (exact) mass is 476 g/mol. The maximum atomic E-state index is 15.0. The number of halogens is 6. The number of rotatable bonds is 6. The molecule has 0 bridgehead atoms. The molecule has 1 amide bonds. The van der Waals surface area contributed by atoms with Gasteiger partial charge in [-0.3, -0.25) is 9.78 Å². The fourth-order valence-corrected chi connectivity index (χ4v) is 2.74. The second-order valence-corrected chi connectivity index (χ2v) is 5.97. The Morgan fingerprint density at radius 1 is 0.903 bits per heavy atom. The Hall–Kier alpha value is -2.88. The molecule has 4 N–H and O–H groups in total. The van der Waals surface area contributed by atoms with Crippen LogP contribution in [0.5, 0.6) is 0 Å². The van der Waals surface area contributed by atoms with Gasteiger partial charge in [0.2, 0.25) is 0 Å². The number of aromatic nitrogens is 1. The smallest absolute Gasteiger partial charge is 0.258 e. The number of anilines is 2. The van der Waals surface area contributed by atoms with Crippen molar-refractivity contribution in [2.24, 2.45) is 5.73 Å². The van der Waals surface area contributed by atoms with Crippen molar-refractivity contribution < 1.29 is 22.4 Å². The highest BCUT2D eigenvalue weighted by atomic mass is 35.5. The van der Waals surface area contributed by atoms with Crippen molar-refractivity contribution in [3.63, 3.8) is 0 Å². The Morgan fingerprint density at radius 2 is 1.55 bits per heavy atom. The molecule has 11 heteroatoms. The first-order valence-corrected chi connectivity index (χ1v) is 8.55. The summed E-state index contributed by atoms with van der Waals surface area (Å²) in [6, 6.07) is 6.05. The van der Waals surface area contributed by atoms with E-state index in [0.717, 1.165) is 30.3 Å². The van der Waals surface area contributed by atoms with Crippen LogP contribution in [0.25, 0.3) is 11.1 Å². The molecule has 31 heavy (non-hydrogen) atoms. The van der Waals surface area contributed by atoms with E-state index in [4.69, 9.17) is 5.73 Å². The summed E-state index contributed by atoms with van der Waals surface area (Å²) in [5.74, 6) is -5.83. The van der Waals surface area contributed by atoms with Gasteiger partial charge in [-0.05, 0) is 30.3 Å². The maximum absolute atomic E-state index is 15.0. The van der Waals surface area contributed by atoms with Crippen molar-refractivity contribution in [2.45, 2.75) is 0 Å². The van der Waals surface area contributed by atoms with E-state index in [-0.39, 0.29) is 30.5 Å². The minimum Gasteiger partial charge on any atom is -0.382 e. The normalized spacial score (nSPS) is 9.97. The molecule has 0 unspecified atom stereocenters. The summed E-state index contributed by atoms with van der Waals surface area (Å²) in [6.45, 7) is 0.744. The zero-order valence-electron chi connectivity index (χ0n) is 15.8. The van der Waals surface area contributed by atoms with Crippen molar-refractivity contribution >= 4 is 42.1 Å². The molecule has 0 aliphatic carbocycles. The fourth-order valence-electron chi connectivity index (χ4n) is 2.74. The number of nitrogens with two attached hydrogens (primary N) is 1. The summed E-state index contributed by atoms with van der Waals surface area (Å²) in [7, 11) is 0. The van der Waals surface area contributed by atoms with Crippen molar-refractivity contribution in [3.05, 3.63) is 77.6 Å². The minimum absolute atomic E-state index is 0.